The Hall–Kier alpha value is -1.14. The Kier molecular flexibility index (Phi) is 4.07. The molecule has 5 nitrogen and oxygen atoms in total. The third kappa shape index (κ3) is 3.93. The Morgan fingerprint density at radius 1 is 1.50 bits per heavy atom. The average molecular weight is 343 g/mol. The lowest BCUT2D eigenvalue weighted by molar-refractivity contribution is -0.0973. The number of carbonyl (C=O) groups is 1. The van der Waals surface area contributed by atoms with Crippen LogP contribution in [0.5, 0.6) is 0 Å². The number of hydrogen-bond donors (Lipinski definition) is 1. The van der Waals surface area contributed by atoms with Crippen LogP contribution in [0.3, 0.4) is 0 Å². The van der Waals surface area contributed by atoms with E-state index in [4.69, 9.17) is 4.74 Å². The molecule has 1 amide bonds. The van der Waals surface area contributed by atoms with E-state index < -0.39 is 11.2 Å². The first kappa shape index (κ1) is 15.3. The number of carbonyl (C=O) groups excluding carboxylic acids is 1. The lowest BCUT2D eigenvalue weighted by Crippen LogP contribution is -2.65. The zero-order chi connectivity index (χ0) is 15.0. The Bertz CT molecular complexity index is 507. The summed E-state index contributed by atoms with van der Waals surface area (Å²) in [6.45, 7) is 6.04. The number of amides is 1. The molecule has 2 heterocycles. The van der Waals surface area contributed by atoms with Gasteiger partial charge in [-0.25, -0.2) is 4.79 Å². The molecular weight excluding hydrogens is 324 g/mol. The molecule has 0 saturated carbocycles. The second-order valence-electron chi connectivity index (χ2n) is 6.25. The van der Waals surface area contributed by atoms with Crippen molar-refractivity contribution in [1.29, 1.82) is 0 Å². The molecule has 20 heavy (non-hydrogen) atoms. The van der Waals surface area contributed by atoms with Crippen LogP contribution >= 0.6 is 15.9 Å². The van der Waals surface area contributed by atoms with E-state index in [0.717, 1.165) is 10.0 Å². The molecule has 2 rings (SSSR count). The van der Waals surface area contributed by atoms with Gasteiger partial charge in [-0.15, -0.1) is 0 Å². The van der Waals surface area contributed by atoms with Gasteiger partial charge in [0.25, 0.3) is 0 Å². The van der Waals surface area contributed by atoms with Crippen LogP contribution in [0.1, 0.15) is 26.3 Å². The van der Waals surface area contributed by atoms with E-state index in [1.807, 2.05) is 26.8 Å². The summed E-state index contributed by atoms with van der Waals surface area (Å²) in [5.74, 6) is 0. The summed E-state index contributed by atoms with van der Waals surface area (Å²) in [5.41, 5.74) is -0.469. The first-order valence-corrected chi connectivity index (χ1v) is 7.26. The molecule has 0 unspecified atom stereocenters. The van der Waals surface area contributed by atoms with Crippen molar-refractivity contribution in [2.24, 2.45) is 0 Å². The lowest BCUT2D eigenvalue weighted by Gasteiger charge is -2.46. The van der Waals surface area contributed by atoms with Crippen molar-refractivity contribution in [2.75, 3.05) is 13.1 Å². The van der Waals surface area contributed by atoms with Gasteiger partial charge in [-0.1, -0.05) is 0 Å². The molecule has 1 fully saturated rings. The summed E-state index contributed by atoms with van der Waals surface area (Å²) >= 11 is 3.35. The third-order valence-corrected chi connectivity index (χ3v) is 3.35. The quantitative estimate of drug-likeness (QED) is 0.896. The highest BCUT2D eigenvalue weighted by Crippen LogP contribution is 2.27. The van der Waals surface area contributed by atoms with Crippen molar-refractivity contribution in [3.05, 3.63) is 28.5 Å². The average Bonchev–Trinajstić information content (AvgIpc) is 2.23. The summed E-state index contributed by atoms with van der Waals surface area (Å²) in [6, 6.07) is 1.92. The van der Waals surface area contributed by atoms with Crippen LogP contribution in [0.4, 0.5) is 4.79 Å². The Balaban J connectivity index is 1.89. The molecule has 0 radical (unpaired) electrons. The van der Waals surface area contributed by atoms with E-state index in [1.165, 1.54) is 4.90 Å². The van der Waals surface area contributed by atoms with Gasteiger partial charge < -0.3 is 14.7 Å². The van der Waals surface area contributed by atoms with Crippen molar-refractivity contribution >= 4 is 22.0 Å². The summed E-state index contributed by atoms with van der Waals surface area (Å²) in [6.07, 6.45) is 3.51. The third-order valence-electron chi connectivity index (χ3n) is 2.92. The topological polar surface area (TPSA) is 62.7 Å². The minimum Gasteiger partial charge on any atom is -0.444 e. The van der Waals surface area contributed by atoms with E-state index in [2.05, 4.69) is 20.9 Å². The number of ether oxygens (including phenoxy) is 1. The van der Waals surface area contributed by atoms with Gasteiger partial charge in [0, 0.05) is 23.3 Å². The normalized spacial score (nSPS) is 17.6. The van der Waals surface area contributed by atoms with Gasteiger partial charge in [0.2, 0.25) is 0 Å². The van der Waals surface area contributed by atoms with E-state index in [-0.39, 0.29) is 19.2 Å². The number of aliphatic hydroxyl groups is 1. The Labute approximate surface area is 127 Å². The number of likely N-dealkylation sites (tertiary alicyclic amines) is 1. The fourth-order valence-corrected chi connectivity index (χ4v) is 2.58. The summed E-state index contributed by atoms with van der Waals surface area (Å²) in [4.78, 5) is 17.4. The van der Waals surface area contributed by atoms with E-state index >= 15 is 0 Å². The van der Waals surface area contributed by atoms with Crippen molar-refractivity contribution < 1.29 is 14.6 Å². The predicted octanol–water partition coefficient (Wildman–Crippen LogP) is 2.37. The fraction of sp³-hybridized carbons (Fsp3) is 0.571. The highest BCUT2D eigenvalue weighted by atomic mass is 79.9. The molecule has 1 aliphatic heterocycles. The number of rotatable bonds is 2. The van der Waals surface area contributed by atoms with Crippen LogP contribution in [0, 0.1) is 0 Å². The van der Waals surface area contributed by atoms with Gasteiger partial charge in [-0.05, 0) is 48.3 Å². The van der Waals surface area contributed by atoms with Crippen LogP contribution in [0.15, 0.2) is 22.9 Å². The molecule has 0 aliphatic carbocycles. The second kappa shape index (κ2) is 5.33. The Morgan fingerprint density at radius 3 is 2.70 bits per heavy atom. The Morgan fingerprint density at radius 2 is 2.15 bits per heavy atom. The first-order chi connectivity index (χ1) is 9.17. The summed E-state index contributed by atoms with van der Waals surface area (Å²) < 4.78 is 6.14. The second-order valence-corrected chi connectivity index (χ2v) is 7.16. The van der Waals surface area contributed by atoms with Gasteiger partial charge in [-0.2, -0.15) is 0 Å². The zero-order valence-corrected chi connectivity index (χ0v) is 13.5. The minimum atomic E-state index is -0.890. The standard InChI is InChI=1S/C14H19BrN2O3/c1-13(2,3)20-12(18)17-8-14(19,9-17)5-10-4-11(15)7-16-6-10/h4,6-7,19H,5,8-9H2,1-3H3. The van der Waals surface area contributed by atoms with Crippen LogP contribution in [-0.2, 0) is 11.2 Å². The van der Waals surface area contributed by atoms with Crippen LogP contribution in [0.25, 0.3) is 0 Å². The van der Waals surface area contributed by atoms with Gasteiger partial charge in [0.05, 0.1) is 13.1 Å². The highest BCUT2D eigenvalue weighted by molar-refractivity contribution is 9.10. The van der Waals surface area contributed by atoms with Crippen molar-refractivity contribution in [2.45, 2.75) is 38.4 Å². The molecule has 0 aromatic carbocycles. The van der Waals surface area contributed by atoms with Crippen molar-refractivity contribution in [1.82, 2.24) is 9.88 Å². The largest absolute Gasteiger partial charge is 0.444 e. The highest BCUT2D eigenvalue weighted by Gasteiger charge is 2.45. The van der Waals surface area contributed by atoms with Crippen LogP contribution in [-0.4, -0.2) is 45.4 Å². The fourth-order valence-electron chi connectivity index (χ4n) is 2.16. The number of halogens is 1. The molecule has 0 bridgehead atoms. The monoisotopic (exact) mass is 342 g/mol. The molecule has 6 heteroatoms. The van der Waals surface area contributed by atoms with Gasteiger partial charge in [0.15, 0.2) is 0 Å². The molecule has 0 atom stereocenters. The predicted molar refractivity (Wildman–Crippen MR) is 78.4 cm³/mol. The van der Waals surface area contributed by atoms with Gasteiger partial charge in [0.1, 0.15) is 11.2 Å². The number of aromatic nitrogens is 1. The number of nitrogens with zero attached hydrogens (tertiary/aromatic N) is 2. The number of pyridine rings is 1. The van der Waals surface area contributed by atoms with Crippen LogP contribution in [0.2, 0.25) is 0 Å². The molecule has 1 aromatic rings. The number of hydrogen-bond acceptors (Lipinski definition) is 4. The maximum atomic E-state index is 11.8. The number of β-amino-alcohol motifs (C(OH)–C–C–N with tert-alkyl or cyclic N) is 1. The molecule has 1 N–H and O–H groups in total. The first-order valence-electron chi connectivity index (χ1n) is 6.47. The van der Waals surface area contributed by atoms with Crippen LogP contribution < -0.4 is 0 Å². The maximum absolute atomic E-state index is 11.8. The smallest absolute Gasteiger partial charge is 0.410 e. The van der Waals surface area contributed by atoms with E-state index in [1.54, 1.807) is 12.4 Å². The summed E-state index contributed by atoms with van der Waals surface area (Å²) in [5, 5.41) is 10.4. The zero-order valence-electron chi connectivity index (χ0n) is 11.9. The van der Waals surface area contributed by atoms with Crippen molar-refractivity contribution in [3.8, 4) is 0 Å². The summed E-state index contributed by atoms with van der Waals surface area (Å²) in [7, 11) is 0. The van der Waals surface area contributed by atoms with Crippen molar-refractivity contribution in [3.63, 3.8) is 0 Å². The van der Waals surface area contributed by atoms with E-state index in [9.17, 15) is 9.90 Å². The minimum absolute atomic E-state index is 0.286. The lowest BCUT2D eigenvalue weighted by atomic mass is 9.88. The van der Waals surface area contributed by atoms with E-state index in [0.29, 0.717) is 6.42 Å². The van der Waals surface area contributed by atoms with Gasteiger partial charge in [-0.3, -0.25) is 4.98 Å². The SMILES string of the molecule is CC(C)(C)OC(=O)N1CC(O)(Cc2cncc(Br)c2)C1. The molecule has 0 spiro atoms. The molecule has 1 saturated heterocycles. The van der Waals surface area contributed by atoms with Gasteiger partial charge >= 0.3 is 6.09 Å². The maximum Gasteiger partial charge on any atom is 0.410 e. The molecular formula is C14H19BrN2O3. The molecule has 1 aliphatic rings. The molecule has 1 aromatic heterocycles. The molecule has 110 valence electrons.